The van der Waals surface area contributed by atoms with E-state index in [0.29, 0.717) is 30.0 Å². The molecule has 0 saturated heterocycles. The molecule has 2 aromatic heterocycles. The van der Waals surface area contributed by atoms with Gasteiger partial charge in [-0.3, -0.25) is 5.32 Å². The van der Waals surface area contributed by atoms with Gasteiger partial charge >= 0.3 is 6.03 Å². The summed E-state index contributed by atoms with van der Waals surface area (Å²) in [5.74, 6) is 2.25. The molecule has 1 aliphatic carbocycles. The third-order valence-electron chi connectivity index (χ3n) is 4.98. The van der Waals surface area contributed by atoms with E-state index in [-0.39, 0.29) is 12.6 Å². The molecular formula is C20H24N6O2. The summed E-state index contributed by atoms with van der Waals surface area (Å²) in [6.45, 7) is 2.78. The number of carbonyl (C=O) groups excluding carboxylic acids is 1. The second kappa shape index (κ2) is 7.84. The van der Waals surface area contributed by atoms with E-state index in [2.05, 4.69) is 20.6 Å². The highest BCUT2D eigenvalue weighted by atomic mass is 16.5. The van der Waals surface area contributed by atoms with Crippen LogP contribution in [0.15, 0.2) is 40.9 Å². The van der Waals surface area contributed by atoms with E-state index in [1.54, 1.807) is 11.7 Å². The SMILES string of the molecule is Cc1cc(NC(=O)N(C)Cc2noc(C3CCC3)n2)n(Cc2ccccc2)n1. The maximum atomic E-state index is 12.6. The van der Waals surface area contributed by atoms with Gasteiger partial charge in [-0.2, -0.15) is 10.1 Å². The summed E-state index contributed by atoms with van der Waals surface area (Å²) < 4.78 is 7.11. The van der Waals surface area contributed by atoms with Crippen molar-refractivity contribution in [2.24, 2.45) is 0 Å². The number of amides is 2. The molecule has 0 atom stereocenters. The Labute approximate surface area is 163 Å². The Hall–Kier alpha value is -3.16. The van der Waals surface area contributed by atoms with E-state index in [1.165, 1.54) is 11.3 Å². The number of nitrogens with zero attached hydrogens (tertiary/aromatic N) is 5. The van der Waals surface area contributed by atoms with E-state index in [4.69, 9.17) is 4.52 Å². The Morgan fingerprint density at radius 3 is 2.82 bits per heavy atom. The van der Waals surface area contributed by atoms with Crippen LogP contribution in [0.3, 0.4) is 0 Å². The fourth-order valence-electron chi connectivity index (χ4n) is 3.16. The van der Waals surface area contributed by atoms with Gasteiger partial charge in [-0.05, 0) is 25.3 Å². The van der Waals surface area contributed by atoms with Crippen molar-refractivity contribution < 1.29 is 9.32 Å². The summed E-state index contributed by atoms with van der Waals surface area (Å²) in [6, 6.07) is 11.6. The molecule has 0 radical (unpaired) electrons. The zero-order chi connectivity index (χ0) is 19.5. The van der Waals surface area contributed by atoms with Gasteiger partial charge in [-0.15, -0.1) is 0 Å². The summed E-state index contributed by atoms with van der Waals surface area (Å²) in [5.41, 5.74) is 1.96. The number of urea groups is 1. The molecule has 0 bridgehead atoms. The normalized spacial score (nSPS) is 13.9. The minimum atomic E-state index is -0.246. The van der Waals surface area contributed by atoms with Crippen molar-refractivity contribution in [1.29, 1.82) is 0 Å². The van der Waals surface area contributed by atoms with E-state index < -0.39 is 0 Å². The van der Waals surface area contributed by atoms with Crippen LogP contribution < -0.4 is 5.32 Å². The third kappa shape index (κ3) is 4.05. The van der Waals surface area contributed by atoms with Crippen molar-refractivity contribution in [2.45, 2.75) is 45.2 Å². The zero-order valence-electron chi connectivity index (χ0n) is 16.1. The van der Waals surface area contributed by atoms with Gasteiger partial charge in [0, 0.05) is 19.0 Å². The second-order valence-electron chi connectivity index (χ2n) is 7.28. The number of carbonyl (C=O) groups is 1. The first kappa shape index (κ1) is 18.2. The molecule has 2 heterocycles. The summed E-state index contributed by atoms with van der Waals surface area (Å²) in [5, 5.41) is 11.4. The molecule has 1 N–H and O–H groups in total. The number of benzene rings is 1. The van der Waals surface area contributed by atoms with Gasteiger partial charge in [0.25, 0.3) is 0 Å². The summed E-state index contributed by atoms with van der Waals surface area (Å²) in [4.78, 5) is 18.6. The summed E-state index contributed by atoms with van der Waals surface area (Å²) in [7, 11) is 1.71. The van der Waals surface area contributed by atoms with Crippen LogP contribution in [0.4, 0.5) is 10.6 Å². The first-order valence-electron chi connectivity index (χ1n) is 9.51. The molecule has 0 unspecified atom stereocenters. The number of aryl methyl sites for hydroxylation is 1. The molecule has 4 rings (SSSR count). The smallest absolute Gasteiger partial charge is 0.323 e. The predicted octanol–water partition coefficient (Wildman–Crippen LogP) is 3.55. The topological polar surface area (TPSA) is 89.1 Å². The van der Waals surface area contributed by atoms with Crippen molar-refractivity contribution in [3.8, 4) is 0 Å². The maximum absolute atomic E-state index is 12.6. The van der Waals surface area contributed by atoms with E-state index >= 15 is 0 Å². The van der Waals surface area contributed by atoms with Gasteiger partial charge in [0.2, 0.25) is 5.89 Å². The highest BCUT2D eigenvalue weighted by Crippen LogP contribution is 2.35. The average Bonchev–Trinajstić information content (AvgIpc) is 3.21. The first-order valence-corrected chi connectivity index (χ1v) is 9.51. The number of anilines is 1. The molecule has 146 valence electrons. The Bertz CT molecular complexity index is 945. The van der Waals surface area contributed by atoms with Crippen LogP contribution >= 0.6 is 0 Å². The fourth-order valence-corrected chi connectivity index (χ4v) is 3.16. The van der Waals surface area contributed by atoms with Crippen molar-refractivity contribution in [2.75, 3.05) is 12.4 Å². The Balaban J connectivity index is 1.39. The number of hydrogen-bond acceptors (Lipinski definition) is 5. The quantitative estimate of drug-likeness (QED) is 0.706. The maximum Gasteiger partial charge on any atom is 0.323 e. The van der Waals surface area contributed by atoms with Crippen molar-refractivity contribution in [3.63, 3.8) is 0 Å². The van der Waals surface area contributed by atoms with E-state index in [0.717, 1.165) is 24.1 Å². The van der Waals surface area contributed by atoms with Crippen LogP contribution in [-0.4, -0.2) is 37.9 Å². The second-order valence-corrected chi connectivity index (χ2v) is 7.28. The summed E-state index contributed by atoms with van der Waals surface area (Å²) in [6.07, 6.45) is 3.41. The van der Waals surface area contributed by atoms with Gasteiger partial charge in [-0.25, -0.2) is 9.48 Å². The molecule has 1 aliphatic rings. The van der Waals surface area contributed by atoms with E-state index in [9.17, 15) is 4.79 Å². The molecule has 1 saturated carbocycles. The molecule has 0 spiro atoms. The minimum absolute atomic E-state index is 0.246. The lowest BCUT2D eigenvalue weighted by atomic mass is 9.85. The van der Waals surface area contributed by atoms with Gasteiger partial charge in [0.05, 0.1) is 18.8 Å². The van der Waals surface area contributed by atoms with E-state index in [1.807, 2.05) is 43.3 Å². The van der Waals surface area contributed by atoms with Crippen LogP contribution in [0.1, 0.15) is 48.2 Å². The lowest BCUT2D eigenvalue weighted by molar-refractivity contribution is 0.218. The molecule has 8 nitrogen and oxygen atoms in total. The number of nitrogens with one attached hydrogen (secondary N) is 1. The van der Waals surface area contributed by atoms with Gasteiger partial charge < -0.3 is 9.42 Å². The average molecular weight is 380 g/mol. The number of hydrogen-bond donors (Lipinski definition) is 1. The molecule has 0 aliphatic heterocycles. The van der Waals surface area contributed by atoms with Crippen LogP contribution in [-0.2, 0) is 13.1 Å². The van der Waals surface area contributed by atoms with Gasteiger partial charge in [0.1, 0.15) is 5.82 Å². The van der Waals surface area contributed by atoms with Gasteiger partial charge in [0.15, 0.2) is 5.82 Å². The zero-order valence-corrected chi connectivity index (χ0v) is 16.1. The molecule has 1 fully saturated rings. The Morgan fingerprint density at radius 1 is 1.32 bits per heavy atom. The fraction of sp³-hybridized carbons (Fsp3) is 0.400. The third-order valence-corrected chi connectivity index (χ3v) is 4.98. The highest BCUT2D eigenvalue weighted by molar-refractivity contribution is 5.88. The van der Waals surface area contributed by atoms with Gasteiger partial charge in [-0.1, -0.05) is 41.9 Å². The Morgan fingerprint density at radius 2 is 2.11 bits per heavy atom. The monoisotopic (exact) mass is 380 g/mol. The number of rotatable bonds is 6. The Kier molecular flexibility index (Phi) is 5.10. The molecule has 1 aromatic carbocycles. The standard InChI is InChI=1S/C20H24N6O2/c1-14-11-18(26(23-14)12-15-7-4-3-5-8-15)22-20(27)25(2)13-17-21-19(28-24-17)16-9-6-10-16/h3-5,7-8,11,16H,6,9-10,12-13H2,1-2H3,(H,22,27). The molecule has 3 aromatic rings. The molecular weight excluding hydrogens is 356 g/mol. The van der Waals surface area contributed by atoms with Crippen molar-refractivity contribution in [3.05, 3.63) is 59.4 Å². The largest absolute Gasteiger partial charge is 0.339 e. The van der Waals surface area contributed by atoms with Crippen LogP contribution in [0.2, 0.25) is 0 Å². The molecule has 28 heavy (non-hydrogen) atoms. The van der Waals surface area contributed by atoms with Crippen LogP contribution in [0.25, 0.3) is 0 Å². The lowest BCUT2D eigenvalue weighted by Crippen LogP contribution is -2.32. The minimum Gasteiger partial charge on any atom is -0.339 e. The van der Waals surface area contributed by atoms with Crippen LogP contribution in [0, 0.1) is 6.92 Å². The van der Waals surface area contributed by atoms with Crippen molar-refractivity contribution >= 4 is 11.8 Å². The van der Waals surface area contributed by atoms with Crippen molar-refractivity contribution in [1.82, 2.24) is 24.8 Å². The predicted molar refractivity (Wildman–Crippen MR) is 104 cm³/mol. The summed E-state index contributed by atoms with van der Waals surface area (Å²) >= 11 is 0. The van der Waals surface area contributed by atoms with Crippen LogP contribution in [0.5, 0.6) is 0 Å². The first-order chi connectivity index (χ1) is 13.6. The molecule has 2 amide bonds. The number of aromatic nitrogens is 4. The highest BCUT2D eigenvalue weighted by Gasteiger charge is 2.26. The lowest BCUT2D eigenvalue weighted by Gasteiger charge is -2.20. The molecule has 8 heteroatoms.